The second-order valence-corrected chi connectivity index (χ2v) is 10.7. The van der Waals surface area contributed by atoms with Gasteiger partial charge < -0.3 is 4.43 Å². The topological polar surface area (TPSA) is 9.23 Å². The lowest BCUT2D eigenvalue weighted by Crippen LogP contribution is -2.47. The molecule has 0 aromatic heterocycles. The molecule has 0 fully saturated rings. The summed E-state index contributed by atoms with van der Waals surface area (Å²) in [7, 11) is -1.68. The molecule has 0 N–H and O–H groups in total. The Bertz CT molecular complexity index is 195. The van der Waals surface area contributed by atoms with Crippen LogP contribution in [-0.2, 0) is 4.43 Å². The van der Waals surface area contributed by atoms with Crippen LogP contribution in [0, 0.1) is 0 Å². The monoisotopic (exact) mass is 228 g/mol. The Balaban J connectivity index is 5.14. The first-order chi connectivity index (χ1) is 6.78. The molecule has 15 heavy (non-hydrogen) atoms. The Morgan fingerprint density at radius 1 is 0.933 bits per heavy atom. The maximum Gasteiger partial charge on any atom is 0.258 e. The molecular formula is C13H28OSi. The van der Waals surface area contributed by atoms with Gasteiger partial charge >= 0.3 is 0 Å². The maximum atomic E-state index is 6.37. The van der Waals surface area contributed by atoms with E-state index < -0.39 is 8.32 Å². The van der Waals surface area contributed by atoms with E-state index in [4.69, 9.17) is 4.43 Å². The number of hydrogen-bond donors (Lipinski definition) is 0. The van der Waals surface area contributed by atoms with E-state index in [0.717, 1.165) is 5.76 Å². The minimum Gasteiger partial charge on any atom is -0.546 e. The fourth-order valence-corrected chi connectivity index (χ4v) is 8.07. The van der Waals surface area contributed by atoms with Gasteiger partial charge in [0.1, 0.15) is 0 Å². The van der Waals surface area contributed by atoms with E-state index in [1.807, 2.05) is 0 Å². The van der Waals surface area contributed by atoms with Crippen molar-refractivity contribution in [3.63, 3.8) is 0 Å². The molecule has 0 spiro atoms. The SMILES string of the molecule is C/C=C(\C)O[Si](C(C)C)(C(C)C)C(C)C. The predicted octanol–water partition coefficient (Wildman–Crippen LogP) is 5.10. The van der Waals surface area contributed by atoms with Crippen molar-refractivity contribution in [1.82, 2.24) is 0 Å². The van der Waals surface area contributed by atoms with Gasteiger partial charge in [0, 0.05) is 0 Å². The first kappa shape index (κ1) is 14.8. The molecule has 2 heteroatoms. The van der Waals surface area contributed by atoms with Gasteiger partial charge in [0.2, 0.25) is 0 Å². The van der Waals surface area contributed by atoms with Crippen molar-refractivity contribution in [1.29, 1.82) is 0 Å². The van der Waals surface area contributed by atoms with Gasteiger partial charge in [-0.3, -0.25) is 0 Å². The lowest BCUT2D eigenvalue weighted by atomic mass is 10.5. The quantitative estimate of drug-likeness (QED) is 0.470. The molecule has 0 aliphatic carbocycles. The zero-order valence-corrected chi connectivity index (χ0v) is 12.7. The summed E-state index contributed by atoms with van der Waals surface area (Å²) in [6, 6.07) is 0. The van der Waals surface area contributed by atoms with Crippen LogP contribution in [0.3, 0.4) is 0 Å². The average molecular weight is 228 g/mol. The van der Waals surface area contributed by atoms with Crippen LogP contribution < -0.4 is 0 Å². The van der Waals surface area contributed by atoms with Crippen molar-refractivity contribution in [2.24, 2.45) is 0 Å². The van der Waals surface area contributed by atoms with E-state index in [-0.39, 0.29) is 0 Å². The third-order valence-corrected chi connectivity index (χ3v) is 9.54. The van der Waals surface area contributed by atoms with Crippen LogP contribution in [0.4, 0.5) is 0 Å². The van der Waals surface area contributed by atoms with Gasteiger partial charge in [-0.1, -0.05) is 47.6 Å². The molecule has 0 amide bonds. The Morgan fingerprint density at radius 3 is 1.47 bits per heavy atom. The zero-order chi connectivity index (χ0) is 12.2. The molecule has 0 bridgehead atoms. The van der Waals surface area contributed by atoms with E-state index in [1.54, 1.807) is 0 Å². The Hall–Kier alpha value is -0.243. The minimum atomic E-state index is -1.68. The van der Waals surface area contributed by atoms with E-state index in [9.17, 15) is 0 Å². The lowest BCUT2D eigenvalue weighted by Gasteiger charge is -2.42. The van der Waals surface area contributed by atoms with Crippen LogP contribution in [0.1, 0.15) is 55.4 Å². The van der Waals surface area contributed by atoms with Crippen LogP contribution >= 0.6 is 0 Å². The van der Waals surface area contributed by atoms with E-state index in [0.29, 0.717) is 16.6 Å². The molecule has 0 radical (unpaired) electrons. The molecule has 0 aliphatic rings. The normalized spacial score (nSPS) is 14.2. The summed E-state index contributed by atoms with van der Waals surface area (Å²) in [6.07, 6.45) is 2.08. The summed E-state index contributed by atoms with van der Waals surface area (Å²) in [5.41, 5.74) is 1.98. The smallest absolute Gasteiger partial charge is 0.258 e. The molecule has 0 unspecified atom stereocenters. The Labute approximate surface area is 97.0 Å². The summed E-state index contributed by atoms with van der Waals surface area (Å²) in [6.45, 7) is 18.0. The predicted molar refractivity (Wildman–Crippen MR) is 71.6 cm³/mol. The van der Waals surface area contributed by atoms with Gasteiger partial charge in [-0.05, 0) is 30.5 Å². The zero-order valence-electron chi connectivity index (χ0n) is 11.7. The molecule has 0 rings (SSSR count). The molecule has 0 heterocycles. The number of hydrogen-bond acceptors (Lipinski definition) is 1. The van der Waals surface area contributed by atoms with Crippen LogP contribution in [0.5, 0.6) is 0 Å². The molecular weight excluding hydrogens is 200 g/mol. The highest BCUT2D eigenvalue weighted by Gasteiger charge is 2.46. The van der Waals surface area contributed by atoms with Crippen molar-refractivity contribution in [3.05, 3.63) is 11.8 Å². The number of allylic oxidation sites excluding steroid dienone is 2. The highest BCUT2D eigenvalue weighted by atomic mass is 28.4. The molecule has 1 nitrogen and oxygen atoms in total. The first-order valence-electron chi connectivity index (χ1n) is 6.10. The highest BCUT2D eigenvalue weighted by Crippen LogP contribution is 2.43. The van der Waals surface area contributed by atoms with Gasteiger partial charge in [-0.2, -0.15) is 0 Å². The van der Waals surface area contributed by atoms with Gasteiger partial charge in [0.15, 0.2) is 0 Å². The van der Waals surface area contributed by atoms with Crippen molar-refractivity contribution >= 4 is 8.32 Å². The fraction of sp³-hybridized carbons (Fsp3) is 0.846. The summed E-state index contributed by atoms with van der Waals surface area (Å²) in [5, 5.41) is 0. The average Bonchev–Trinajstić information content (AvgIpc) is 2.11. The van der Waals surface area contributed by atoms with Gasteiger partial charge in [0.25, 0.3) is 8.32 Å². The molecule has 0 atom stereocenters. The summed E-state index contributed by atoms with van der Waals surface area (Å²) >= 11 is 0. The molecule has 0 aromatic carbocycles. The Morgan fingerprint density at radius 2 is 1.27 bits per heavy atom. The van der Waals surface area contributed by atoms with Gasteiger partial charge in [-0.15, -0.1) is 0 Å². The summed E-state index contributed by atoms with van der Waals surface area (Å²) < 4.78 is 6.37. The van der Waals surface area contributed by atoms with E-state index in [2.05, 4.69) is 61.5 Å². The van der Waals surface area contributed by atoms with Crippen LogP contribution in [0.15, 0.2) is 11.8 Å². The first-order valence-corrected chi connectivity index (χ1v) is 8.24. The van der Waals surface area contributed by atoms with Crippen molar-refractivity contribution < 1.29 is 4.43 Å². The standard InChI is InChI=1S/C13H28OSi/c1-9-13(8)14-15(10(2)3,11(4)5)12(6)7/h9-12H,1-8H3/b13-9+. The van der Waals surface area contributed by atoms with Crippen molar-refractivity contribution in [2.75, 3.05) is 0 Å². The van der Waals surface area contributed by atoms with E-state index in [1.165, 1.54) is 0 Å². The molecule has 0 aromatic rings. The van der Waals surface area contributed by atoms with Gasteiger partial charge in [0.05, 0.1) is 5.76 Å². The summed E-state index contributed by atoms with van der Waals surface area (Å²) in [5.74, 6) is 1.10. The fourth-order valence-electron chi connectivity index (χ4n) is 2.69. The second kappa shape index (κ2) is 5.74. The van der Waals surface area contributed by atoms with Crippen molar-refractivity contribution in [2.45, 2.75) is 72.0 Å². The molecule has 0 saturated heterocycles. The molecule has 90 valence electrons. The Kier molecular flexibility index (Phi) is 5.64. The molecule has 0 saturated carbocycles. The minimum absolute atomic E-state index is 0.660. The second-order valence-electron chi connectivity index (χ2n) is 5.32. The largest absolute Gasteiger partial charge is 0.546 e. The third-order valence-electron chi connectivity index (χ3n) is 3.45. The summed E-state index contributed by atoms with van der Waals surface area (Å²) in [4.78, 5) is 0. The van der Waals surface area contributed by atoms with Crippen LogP contribution in [0.25, 0.3) is 0 Å². The highest BCUT2D eigenvalue weighted by molar-refractivity contribution is 6.77. The van der Waals surface area contributed by atoms with E-state index >= 15 is 0 Å². The van der Waals surface area contributed by atoms with Crippen LogP contribution in [0.2, 0.25) is 16.6 Å². The maximum absolute atomic E-state index is 6.37. The van der Waals surface area contributed by atoms with Crippen LogP contribution in [-0.4, -0.2) is 8.32 Å². The number of rotatable bonds is 5. The molecule has 0 aliphatic heterocycles. The lowest BCUT2D eigenvalue weighted by molar-refractivity contribution is 0.372. The van der Waals surface area contributed by atoms with Crippen molar-refractivity contribution in [3.8, 4) is 0 Å². The van der Waals surface area contributed by atoms with Gasteiger partial charge in [-0.25, -0.2) is 0 Å². The third kappa shape index (κ3) is 3.10.